The van der Waals surface area contributed by atoms with Gasteiger partial charge in [-0.3, -0.25) is 9.59 Å². The average molecular weight is 317 g/mol. The molecular weight excluding hydrogens is 300 g/mol. The van der Waals surface area contributed by atoms with Crippen molar-refractivity contribution >= 4 is 23.4 Å². The van der Waals surface area contributed by atoms with Crippen LogP contribution in [-0.2, 0) is 0 Å². The lowest BCUT2D eigenvalue weighted by Gasteiger charge is -2.08. The number of carbonyl (C=O) groups excluding carboxylic acids is 2. The molecule has 2 N–H and O–H groups in total. The molecule has 0 unspecified atom stereocenters. The number of hydrogen-bond donors (Lipinski definition) is 2. The van der Waals surface area contributed by atoms with Crippen molar-refractivity contribution in [3.05, 3.63) is 70.2 Å². The third-order valence-corrected chi connectivity index (χ3v) is 3.44. The van der Waals surface area contributed by atoms with E-state index >= 15 is 0 Å². The standard InChI is InChI=1S/C17H17ClN2O2/c1-12-4-2-3-5-15(12)17(22)20-11-10-19-16(21)13-6-8-14(18)9-7-13/h2-9H,10-11H2,1H3,(H,19,21)(H,20,22). The van der Waals surface area contributed by atoms with Crippen LogP contribution in [0.3, 0.4) is 0 Å². The third kappa shape index (κ3) is 4.33. The maximum atomic E-state index is 12.0. The Balaban J connectivity index is 1.77. The number of benzene rings is 2. The molecule has 0 saturated carbocycles. The average Bonchev–Trinajstić information content (AvgIpc) is 2.52. The number of aryl methyl sites for hydroxylation is 1. The molecule has 2 amide bonds. The Bertz CT molecular complexity index is 669. The largest absolute Gasteiger partial charge is 0.350 e. The van der Waals surface area contributed by atoms with Gasteiger partial charge in [0, 0.05) is 29.2 Å². The first kappa shape index (κ1) is 16.0. The van der Waals surface area contributed by atoms with Crippen molar-refractivity contribution < 1.29 is 9.59 Å². The lowest BCUT2D eigenvalue weighted by atomic mass is 10.1. The van der Waals surface area contributed by atoms with Crippen LogP contribution in [0.1, 0.15) is 26.3 Å². The zero-order valence-electron chi connectivity index (χ0n) is 12.2. The van der Waals surface area contributed by atoms with E-state index in [4.69, 9.17) is 11.6 Å². The summed E-state index contributed by atoms with van der Waals surface area (Å²) in [6, 6.07) is 14.0. The molecule has 0 spiro atoms. The second-order valence-corrected chi connectivity index (χ2v) is 5.27. The van der Waals surface area contributed by atoms with Crippen LogP contribution >= 0.6 is 11.6 Å². The maximum absolute atomic E-state index is 12.0. The third-order valence-electron chi connectivity index (χ3n) is 3.19. The molecule has 5 heteroatoms. The second kappa shape index (κ2) is 7.61. The zero-order valence-corrected chi connectivity index (χ0v) is 13.0. The van der Waals surface area contributed by atoms with Crippen molar-refractivity contribution in [3.63, 3.8) is 0 Å². The molecule has 0 bridgehead atoms. The van der Waals surface area contributed by atoms with Crippen molar-refractivity contribution in [1.29, 1.82) is 0 Å². The van der Waals surface area contributed by atoms with Crippen LogP contribution < -0.4 is 10.6 Å². The molecule has 4 nitrogen and oxygen atoms in total. The first-order valence-electron chi connectivity index (χ1n) is 6.95. The minimum atomic E-state index is -0.193. The zero-order chi connectivity index (χ0) is 15.9. The highest BCUT2D eigenvalue weighted by atomic mass is 35.5. The molecular formula is C17H17ClN2O2. The minimum absolute atomic E-state index is 0.140. The molecule has 2 rings (SSSR count). The van der Waals surface area contributed by atoms with Gasteiger partial charge >= 0.3 is 0 Å². The van der Waals surface area contributed by atoms with Gasteiger partial charge < -0.3 is 10.6 Å². The maximum Gasteiger partial charge on any atom is 0.251 e. The molecule has 2 aromatic carbocycles. The summed E-state index contributed by atoms with van der Waals surface area (Å²) in [6.45, 7) is 2.61. The van der Waals surface area contributed by atoms with Crippen molar-refractivity contribution in [2.24, 2.45) is 0 Å². The van der Waals surface area contributed by atoms with Crippen molar-refractivity contribution in [1.82, 2.24) is 10.6 Å². The molecule has 0 atom stereocenters. The highest BCUT2D eigenvalue weighted by Crippen LogP contribution is 2.09. The lowest BCUT2D eigenvalue weighted by Crippen LogP contribution is -2.34. The summed E-state index contributed by atoms with van der Waals surface area (Å²) in [5.74, 6) is -0.333. The van der Waals surface area contributed by atoms with E-state index in [9.17, 15) is 9.59 Å². The summed E-state index contributed by atoms with van der Waals surface area (Å²) in [6.07, 6.45) is 0. The van der Waals surface area contributed by atoms with Crippen LogP contribution in [0.2, 0.25) is 5.02 Å². The van der Waals surface area contributed by atoms with Crippen LogP contribution in [0.4, 0.5) is 0 Å². The van der Waals surface area contributed by atoms with Crippen LogP contribution in [0.25, 0.3) is 0 Å². The molecule has 0 aliphatic rings. The van der Waals surface area contributed by atoms with Gasteiger partial charge in [0.05, 0.1) is 0 Å². The highest BCUT2D eigenvalue weighted by molar-refractivity contribution is 6.30. The smallest absolute Gasteiger partial charge is 0.251 e. The topological polar surface area (TPSA) is 58.2 Å². The van der Waals surface area contributed by atoms with Crippen LogP contribution in [0.5, 0.6) is 0 Å². The van der Waals surface area contributed by atoms with E-state index in [1.54, 1.807) is 30.3 Å². The molecule has 22 heavy (non-hydrogen) atoms. The van der Waals surface area contributed by atoms with Gasteiger partial charge in [-0.05, 0) is 42.8 Å². The lowest BCUT2D eigenvalue weighted by molar-refractivity contribution is 0.0927. The monoisotopic (exact) mass is 316 g/mol. The summed E-state index contributed by atoms with van der Waals surface area (Å²) >= 11 is 5.77. The number of rotatable bonds is 5. The summed E-state index contributed by atoms with van der Waals surface area (Å²) < 4.78 is 0. The molecule has 0 aliphatic carbocycles. The van der Waals surface area contributed by atoms with Crippen LogP contribution in [0.15, 0.2) is 48.5 Å². The van der Waals surface area contributed by atoms with Gasteiger partial charge in [-0.1, -0.05) is 29.8 Å². The summed E-state index contributed by atoms with van der Waals surface area (Å²) in [4.78, 5) is 23.8. The Morgan fingerprint density at radius 2 is 1.50 bits per heavy atom. The van der Waals surface area contributed by atoms with E-state index in [0.717, 1.165) is 5.56 Å². The van der Waals surface area contributed by atoms with E-state index in [0.29, 0.717) is 29.2 Å². The fourth-order valence-electron chi connectivity index (χ4n) is 1.98. The van der Waals surface area contributed by atoms with Crippen molar-refractivity contribution in [2.45, 2.75) is 6.92 Å². The number of nitrogens with one attached hydrogen (secondary N) is 2. The number of carbonyl (C=O) groups is 2. The van der Waals surface area contributed by atoms with Crippen LogP contribution in [-0.4, -0.2) is 24.9 Å². The number of halogens is 1. The predicted octanol–water partition coefficient (Wildman–Crippen LogP) is 2.81. The van der Waals surface area contributed by atoms with E-state index < -0.39 is 0 Å². The Morgan fingerprint density at radius 1 is 0.909 bits per heavy atom. The Hall–Kier alpha value is -2.33. The Labute approximate surface area is 134 Å². The number of amides is 2. The first-order chi connectivity index (χ1) is 10.6. The molecule has 0 radical (unpaired) electrons. The highest BCUT2D eigenvalue weighted by Gasteiger charge is 2.08. The van der Waals surface area contributed by atoms with Crippen molar-refractivity contribution in [2.75, 3.05) is 13.1 Å². The first-order valence-corrected chi connectivity index (χ1v) is 7.33. The fraction of sp³-hybridized carbons (Fsp3) is 0.176. The SMILES string of the molecule is Cc1ccccc1C(=O)NCCNC(=O)c1ccc(Cl)cc1. The summed E-state index contributed by atoms with van der Waals surface area (Å²) in [5.41, 5.74) is 2.10. The van der Waals surface area contributed by atoms with E-state index in [1.807, 2.05) is 25.1 Å². The fourth-order valence-corrected chi connectivity index (χ4v) is 2.10. The molecule has 0 aliphatic heterocycles. The molecule has 0 heterocycles. The molecule has 2 aromatic rings. The molecule has 0 aromatic heterocycles. The van der Waals surface area contributed by atoms with E-state index in [1.165, 1.54) is 0 Å². The van der Waals surface area contributed by atoms with Gasteiger partial charge in [0.1, 0.15) is 0 Å². The predicted molar refractivity (Wildman–Crippen MR) is 87.3 cm³/mol. The van der Waals surface area contributed by atoms with Gasteiger partial charge in [-0.15, -0.1) is 0 Å². The molecule has 114 valence electrons. The second-order valence-electron chi connectivity index (χ2n) is 4.83. The Morgan fingerprint density at radius 3 is 2.14 bits per heavy atom. The molecule has 0 fully saturated rings. The van der Waals surface area contributed by atoms with Crippen molar-refractivity contribution in [3.8, 4) is 0 Å². The van der Waals surface area contributed by atoms with Crippen LogP contribution in [0, 0.1) is 6.92 Å². The minimum Gasteiger partial charge on any atom is -0.350 e. The van der Waals surface area contributed by atoms with Gasteiger partial charge in [-0.2, -0.15) is 0 Å². The summed E-state index contributed by atoms with van der Waals surface area (Å²) in [5, 5.41) is 6.11. The van der Waals surface area contributed by atoms with Gasteiger partial charge in [0.25, 0.3) is 11.8 Å². The van der Waals surface area contributed by atoms with E-state index in [-0.39, 0.29) is 11.8 Å². The summed E-state index contributed by atoms with van der Waals surface area (Å²) in [7, 11) is 0. The van der Waals surface area contributed by atoms with Gasteiger partial charge in [-0.25, -0.2) is 0 Å². The van der Waals surface area contributed by atoms with Gasteiger partial charge in [0.15, 0.2) is 0 Å². The molecule has 0 saturated heterocycles. The Kier molecular flexibility index (Phi) is 5.55. The van der Waals surface area contributed by atoms with Gasteiger partial charge in [0.2, 0.25) is 0 Å². The van der Waals surface area contributed by atoms with E-state index in [2.05, 4.69) is 10.6 Å². The normalized spacial score (nSPS) is 10.1. The number of hydrogen-bond acceptors (Lipinski definition) is 2. The quantitative estimate of drug-likeness (QED) is 0.833.